The molecule has 1 aliphatic heterocycles. The van der Waals surface area contributed by atoms with Gasteiger partial charge in [0.15, 0.2) is 12.3 Å². The Morgan fingerprint density at radius 3 is 2.21 bits per heavy atom. The van der Waals surface area contributed by atoms with Crippen LogP contribution in [0.2, 0.25) is 5.02 Å². The number of nitrogens with zero attached hydrogens (tertiary/aromatic N) is 4. The molecule has 2 aromatic carbocycles. The van der Waals surface area contributed by atoms with Gasteiger partial charge in [0.2, 0.25) is 0 Å². The van der Waals surface area contributed by atoms with Gasteiger partial charge in [-0.2, -0.15) is 5.10 Å². The molecule has 0 N–H and O–H groups in total. The van der Waals surface area contributed by atoms with E-state index in [0.29, 0.717) is 47.7 Å². The molecule has 3 aromatic rings. The third-order valence-corrected chi connectivity index (χ3v) is 5.87. The third kappa shape index (κ3) is 4.85. The minimum atomic E-state index is -0.245. The van der Waals surface area contributed by atoms with Gasteiger partial charge >= 0.3 is 0 Å². The van der Waals surface area contributed by atoms with Gasteiger partial charge in [-0.3, -0.25) is 14.4 Å². The number of carbonyl (C=O) groups excluding carboxylic acids is 2. The van der Waals surface area contributed by atoms with E-state index in [9.17, 15) is 14.4 Å². The number of fused-ring (bicyclic) bond motifs is 1. The lowest BCUT2D eigenvalue weighted by Crippen LogP contribution is -2.52. The number of hydrogen-bond acceptors (Lipinski definition) is 5. The van der Waals surface area contributed by atoms with E-state index in [1.165, 1.54) is 4.68 Å². The molecule has 0 spiro atoms. The van der Waals surface area contributed by atoms with E-state index in [1.807, 2.05) is 13.8 Å². The molecule has 0 aliphatic carbocycles. The largest absolute Gasteiger partial charge is 0.484 e. The van der Waals surface area contributed by atoms with Crippen LogP contribution in [-0.4, -0.2) is 64.2 Å². The van der Waals surface area contributed by atoms with Crippen molar-refractivity contribution in [2.75, 3.05) is 32.8 Å². The molecule has 33 heavy (non-hydrogen) atoms. The summed E-state index contributed by atoms with van der Waals surface area (Å²) in [5.41, 5.74) is 0.0398. The van der Waals surface area contributed by atoms with E-state index in [0.717, 1.165) is 0 Å². The lowest BCUT2D eigenvalue weighted by molar-refractivity contribution is -0.134. The summed E-state index contributed by atoms with van der Waals surface area (Å²) in [7, 11) is 0. The van der Waals surface area contributed by atoms with Crippen LogP contribution >= 0.6 is 11.6 Å². The van der Waals surface area contributed by atoms with Gasteiger partial charge in [0.25, 0.3) is 17.4 Å². The molecule has 0 bridgehead atoms. The maximum atomic E-state index is 13.3. The Hall–Kier alpha value is -3.39. The monoisotopic (exact) mass is 468 g/mol. The molecule has 1 aromatic heterocycles. The second kappa shape index (κ2) is 9.62. The fourth-order valence-corrected chi connectivity index (χ4v) is 3.92. The molecule has 1 aliphatic rings. The first-order valence-corrected chi connectivity index (χ1v) is 11.2. The molecule has 0 saturated carbocycles. The maximum Gasteiger partial charge on any atom is 0.275 e. The molecule has 1 saturated heterocycles. The van der Waals surface area contributed by atoms with Gasteiger partial charge in [0.05, 0.1) is 11.4 Å². The number of ether oxygens (including phenoxy) is 1. The predicted octanol–water partition coefficient (Wildman–Crippen LogP) is 2.99. The first-order chi connectivity index (χ1) is 15.8. The number of rotatable bonds is 5. The number of piperazine rings is 1. The molecule has 8 nitrogen and oxygen atoms in total. The summed E-state index contributed by atoms with van der Waals surface area (Å²) in [4.78, 5) is 41.9. The minimum absolute atomic E-state index is 0.0822. The van der Waals surface area contributed by atoms with Crippen LogP contribution in [0.25, 0.3) is 10.8 Å². The van der Waals surface area contributed by atoms with Crippen LogP contribution < -0.4 is 10.3 Å². The molecule has 0 atom stereocenters. The first kappa shape index (κ1) is 22.8. The van der Waals surface area contributed by atoms with E-state index in [1.54, 1.807) is 58.3 Å². The molecule has 4 rings (SSSR count). The summed E-state index contributed by atoms with van der Waals surface area (Å²) in [5.74, 6) is 0.180. The van der Waals surface area contributed by atoms with Gasteiger partial charge in [0, 0.05) is 36.6 Å². The van der Waals surface area contributed by atoms with Crippen molar-refractivity contribution >= 4 is 34.2 Å². The summed E-state index contributed by atoms with van der Waals surface area (Å²) < 4.78 is 6.89. The lowest BCUT2D eigenvalue weighted by atomic mass is 10.1. The van der Waals surface area contributed by atoms with Crippen LogP contribution in [0.4, 0.5) is 0 Å². The normalized spacial score (nSPS) is 14.1. The number of aromatic nitrogens is 2. The Balaban J connectivity index is 1.44. The molecular weight excluding hydrogens is 444 g/mol. The summed E-state index contributed by atoms with van der Waals surface area (Å²) in [5, 5.41) is 6.01. The highest BCUT2D eigenvalue weighted by molar-refractivity contribution is 6.30. The number of halogens is 1. The number of amides is 2. The van der Waals surface area contributed by atoms with Crippen molar-refractivity contribution in [1.29, 1.82) is 0 Å². The van der Waals surface area contributed by atoms with E-state index in [4.69, 9.17) is 16.3 Å². The average Bonchev–Trinajstić information content (AvgIpc) is 2.83. The van der Waals surface area contributed by atoms with Crippen LogP contribution in [0.15, 0.2) is 53.3 Å². The zero-order valence-electron chi connectivity index (χ0n) is 18.5. The van der Waals surface area contributed by atoms with Crippen LogP contribution in [0.3, 0.4) is 0 Å². The topological polar surface area (TPSA) is 84.7 Å². The highest BCUT2D eigenvalue weighted by Gasteiger charge is 2.28. The van der Waals surface area contributed by atoms with Crippen molar-refractivity contribution in [1.82, 2.24) is 19.6 Å². The van der Waals surface area contributed by atoms with Crippen LogP contribution in [0, 0.1) is 0 Å². The molecule has 1 fully saturated rings. The summed E-state index contributed by atoms with van der Waals surface area (Å²) in [6.45, 7) is 5.18. The van der Waals surface area contributed by atoms with Gasteiger partial charge in [-0.05, 0) is 44.2 Å². The average molecular weight is 469 g/mol. The van der Waals surface area contributed by atoms with Gasteiger partial charge < -0.3 is 14.5 Å². The van der Waals surface area contributed by atoms with Gasteiger partial charge in [-0.15, -0.1) is 0 Å². The van der Waals surface area contributed by atoms with E-state index in [-0.39, 0.29) is 35.7 Å². The van der Waals surface area contributed by atoms with E-state index >= 15 is 0 Å². The van der Waals surface area contributed by atoms with Crippen LogP contribution in [-0.2, 0) is 4.79 Å². The van der Waals surface area contributed by atoms with Crippen LogP contribution in [0.5, 0.6) is 5.75 Å². The second-order valence-electron chi connectivity index (χ2n) is 8.15. The number of carbonyl (C=O) groups is 2. The van der Waals surface area contributed by atoms with Gasteiger partial charge in [-0.1, -0.05) is 29.8 Å². The quantitative estimate of drug-likeness (QED) is 0.574. The first-order valence-electron chi connectivity index (χ1n) is 10.8. The van der Waals surface area contributed by atoms with Crippen molar-refractivity contribution in [2.45, 2.75) is 19.9 Å². The zero-order chi connectivity index (χ0) is 23.5. The van der Waals surface area contributed by atoms with Crippen molar-refractivity contribution in [3.05, 3.63) is 69.6 Å². The van der Waals surface area contributed by atoms with Crippen LogP contribution in [0.1, 0.15) is 30.4 Å². The Labute approximate surface area is 196 Å². The molecule has 2 amide bonds. The molecule has 0 unspecified atom stereocenters. The Morgan fingerprint density at radius 1 is 0.970 bits per heavy atom. The fraction of sp³-hybridized carbons (Fsp3) is 0.333. The minimum Gasteiger partial charge on any atom is -0.484 e. The van der Waals surface area contributed by atoms with E-state index in [2.05, 4.69) is 5.10 Å². The summed E-state index contributed by atoms with van der Waals surface area (Å²) in [6.07, 6.45) is 0. The predicted molar refractivity (Wildman–Crippen MR) is 126 cm³/mol. The fourth-order valence-electron chi connectivity index (χ4n) is 3.79. The third-order valence-electron chi connectivity index (χ3n) is 5.62. The molecule has 2 heterocycles. The zero-order valence-corrected chi connectivity index (χ0v) is 19.3. The summed E-state index contributed by atoms with van der Waals surface area (Å²) >= 11 is 5.86. The Morgan fingerprint density at radius 2 is 1.58 bits per heavy atom. The molecular formula is C24H25ClN4O4. The van der Waals surface area contributed by atoms with Gasteiger partial charge in [-0.25, -0.2) is 4.68 Å². The Kier molecular flexibility index (Phi) is 6.65. The maximum absolute atomic E-state index is 13.3. The second-order valence-corrected chi connectivity index (χ2v) is 8.59. The van der Waals surface area contributed by atoms with Crippen molar-refractivity contribution in [3.8, 4) is 5.75 Å². The molecule has 9 heteroatoms. The molecule has 172 valence electrons. The lowest BCUT2D eigenvalue weighted by Gasteiger charge is -2.34. The standard InChI is InChI=1S/C24H25ClN4O4/c1-16(2)29-23(31)20-6-4-3-5-19(20)22(26-29)24(32)28-13-11-27(12-14-28)21(30)15-33-18-9-7-17(25)8-10-18/h3-10,16H,11-15H2,1-2H3. The highest BCUT2D eigenvalue weighted by Crippen LogP contribution is 2.18. The molecule has 0 radical (unpaired) electrons. The van der Waals surface area contributed by atoms with Gasteiger partial charge in [0.1, 0.15) is 5.75 Å². The van der Waals surface area contributed by atoms with Crippen molar-refractivity contribution < 1.29 is 14.3 Å². The highest BCUT2D eigenvalue weighted by atomic mass is 35.5. The number of hydrogen-bond donors (Lipinski definition) is 0. The van der Waals surface area contributed by atoms with Crippen molar-refractivity contribution in [2.24, 2.45) is 0 Å². The SMILES string of the molecule is CC(C)n1nc(C(=O)N2CCN(C(=O)COc3ccc(Cl)cc3)CC2)c2ccccc2c1=O. The Bertz CT molecular complexity index is 1230. The van der Waals surface area contributed by atoms with Crippen molar-refractivity contribution in [3.63, 3.8) is 0 Å². The van der Waals surface area contributed by atoms with E-state index < -0.39 is 0 Å². The smallest absolute Gasteiger partial charge is 0.275 e. The number of benzene rings is 2. The summed E-state index contributed by atoms with van der Waals surface area (Å²) in [6, 6.07) is 13.7.